The summed E-state index contributed by atoms with van der Waals surface area (Å²) in [7, 11) is 0. The standard InChI is InChI=1S/C17H14ClF3N2O2/c18-12-7-5-11(6-8-12)15(24)22-9-10-23-16(25)13-3-1-2-4-14(13)17(19,20)21/h1-8H,9-10H2,(H,22,24)(H,23,25). The minimum absolute atomic E-state index is 0.00957. The van der Waals surface area contributed by atoms with Crippen LogP contribution < -0.4 is 10.6 Å². The minimum atomic E-state index is -4.61. The number of benzene rings is 2. The smallest absolute Gasteiger partial charge is 0.350 e. The Hall–Kier alpha value is -2.54. The van der Waals surface area contributed by atoms with Crippen LogP contribution in [0.15, 0.2) is 48.5 Å². The molecule has 2 N–H and O–H groups in total. The second kappa shape index (κ2) is 8.02. The lowest BCUT2D eigenvalue weighted by atomic mass is 10.1. The Balaban J connectivity index is 1.87. The molecule has 2 aromatic carbocycles. The van der Waals surface area contributed by atoms with Crippen molar-refractivity contribution in [1.82, 2.24) is 10.6 Å². The molecule has 0 heterocycles. The van der Waals surface area contributed by atoms with Crippen molar-refractivity contribution in [3.05, 3.63) is 70.2 Å². The number of carbonyl (C=O) groups is 2. The van der Waals surface area contributed by atoms with Gasteiger partial charge in [0.1, 0.15) is 0 Å². The second-order valence-electron chi connectivity index (χ2n) is 5.06. The molecule has 2 aromatic rings. The van der Waals surface area contributed by atoms with Gasteiger partial charge in [0.25, 0.3) is 11.8 Å². The SMILES string of the molecule is O=C(NCCNC(=O)c1ccccc1C(F)(F)F)c1ccc(Cl)cc1. The lowest BCUT2D eigenvalue weighted by molar-refractivity contribution is -0.137. The summed E-state index contributed by atoms with van der Waals surface area (Å²) in [6.07, 6.45) is -4.61. The Morgan fingerprint density at radius 2 is 1.44 bits per heavy atom. The molecule has 2 amide bonds. The highest BCUT2D eigenvalue weighted by atomic mass is 35.5. The van der Waals surface area contributed by atoms with Crippen molar-refractivity contribution in [2.24, 2.45) is 0 Å². The second-order valence-corrected chi connectivity index (χ2v) is 5.50. The van der Waals surface area contributed by atoms with E-state index >= 15 is 0 Å². The predicted molar refractivity (Wildman–Crippen MR) is 87.6 cm³/mol. The van der Waals surface area contributed by atoms with Crippen LogP contribution in [0.2, 0.25) is 5.02 Å². The van der Waals surface area contributed by atoms with E-state index in [1.54, 1.807) is 12.1 Å². The molecule has 0 unspecified atom stereocenters. The van der Waals surface area contributed by atoms with Crippen molar-refractivity contribution in [3.63, 3.8) is 0 Å². The Kier molecular flexibility index (Phi) is 6.03. The maximum atomic E-state index is 12.9. The van der Waals surface area contributed by atoms with Gasteiger partial charge in [-0.1, -0.05) is 23.7 Å². The summed E-state index contributed by atoms with van der Waals surface area (Å²) in [6, 6.07) is 10.7. The maximum Gasteiger partial charge on any atom is 0.417 e. The van der Waals surface area contributed by atoms with Crippen molar-refractivity contribution in [3.8, 4) is 0 Å². The number of nitrogens with one attached hydrogen (secondary N) is 2. The summed E-state index contributed by atoms with van der Waals surface area (Å²) in [4.78, 5) is 23.8. The molecule has 0 aliphatic carbocycles. The third-order valence-corrected chi connectivity index (χ3v) is 3.53. The fourth-order valence-electron chi connectivity index (χ4n) is 2.08. The first-order valence-corrected chi connectivity index (χ1v) is 7.65. The molecule has 0 saturated heterocycles. The summed E-state index contributed by atoms with van der Waals surface area (Å²) in [6.45, 7) is 0.0612. The average molecular weight is 371 g/mol. The van der Waals surface area contributed by atoms with Crippen molar-refractivity contribution < 1.29 is 22.8 Å². The highest BCUT2D eigenvalue weighted by molar-refractivity contribution is 6.30. The fourth-order valence-corrected chi connectivity index (χ4v) is 2.20. The summed E-state index contributed by atoms with van der Waals surface area (Å²) >= 11 is 5.72. The van der Waals surface area contributed by atoms with Gasteiger partial charge in [-0.15, -0.1) is 0 Å². The van der Waals surface area contributed by atoms with E-state index in [0.29, 0.717) is 10.6 Å². The van der Waals surface area contributed by atoms with Crippen molar-refractivity contribution in [2.45, 2.75) is 6.18 Å². The highest BCUT2D eigenvalue weighted by Gasteiger charge is 2.34. The zero-order chi connectivity index (χ0) is 18.4. The number of halogens is 4. The van der Waals surface area contributed by atoms with Crippen LogP contribution in [0.4, 0.5) is 13.2 Å². The molecule has 0 atom stereocenters. The molecule has 8 heteroatoms. The monoisotopic (exact) mass is 370 g/mol. The van der Waals surface area contributed by atoms with Crippen LogP contribution in [0, 0.1) is 0 Å². The quantitative estimate of drug-likeness (QED) is 0.791. The van der Waals surface area contributed by atoms with Gasteiger partial charge in [-0.2, -0.15) is 13.2 Å². The molecule has 25 heavy (non-hydrogen) atoms. The summed E-state index contributed by atoms with van der Waals surface area (Å²) in [5.74, 6) is -1.23. The molecule has 0 aliphatic rings. The number of hydrogen-bond donors (Lipinski definition) is 2. The van der Waals surface area contributed by atoms with Crippen LogP contribution >= 0.6 is 11.6 Å². The Bertz CT molecular complexity index is 761. The lowest BCUT2D eigenvalue weighted by Gasteiger charge is -2.12. The van der Waals surface area contributed by atoms with Crippen LogP contribution in [-0.2, 0) is 6.18 Å². The Morgan fingerprint density at radius 1 is 0.880 bits per heavy atom. The molecule has 0 radical (unpaired) electrons. The van der Waals surface area contributed by atoms with E-state index < -0.39 is 23.2 Å². The van der Waals surface area contributed by atoms with Crippen molar-refractivity contribution in [1.29, 1.82) is 0 Å². The van der Waals surface area contributed by atoms with Gasteiger partial charge in [-0.3, -0.25) is 9.59 Å². The van der Waals surface area contributed by atoms with Gasteiger partial charge < -0.3 is 10.6 Å². The van der Waals surface area contributed by atoms with Crippen molar-refractivity contribution >= 4 is 23.4 Å². The van der Waals surface area contributed by atoms with Crippen LogP contribution in [0.1, 0.15) is 26.3 Å². The molecule has 0 fully saturated rings. The lowest BCUT2D eigenvalue weighted by Crippen LogP contribution is -2.35. The van der Waals surface area contributed by atoms with E-state index in [1.807, 2.05) is 0 Å². The van der Waals surface area contributed by atoms with Crippen LogP contribution in [-0.4, -0.2) is 24.9 Å². The molecular formula is C17H14ClF3N2O2. The van der Waals surface area contributed by atoms with E-state index in [-0.39, 0.29) is 19.0 Å². The first-order valence-electron chi connectivity index (χ1n) is 7.27. The number of alkyl halides is 3. The van der Waals surface area contributed by atoms with Gasteiger partial charge >= 0.3 is 6.18 Å². The average Bonchev–Trinajstić information content (AvgIpc) is 2.58. The van der Waals surface area contributed by atoms with E-state index in [9.17, 15) is 22.8 Å². The highest BCUT2D eigenvalue weighted by Crippen LogP contribution is 2.31. The molecule has 0 aliphatic heterocycles. The first-order chi connectivity index (χ1) is 11.8. The summed E-state index contributed by atoms with van der Waals surface area (Å²) in [5.41, 5.74) is -1.07. The van der Waals surface area contributed by atoms with Gasteiger partial charge in [-0.05, 0) is 36.4 Å². The van der Waals surface area contributed by atoms with Crippen molar-refractivity contribution in [2.75, 3.05) is 13.1 Å². The Morgan fingerprint density at radius 3 is 2.04 bits per heavy atom. The third kappa shape index (κ3) is 5.22. The first kappa shape index (κ1) is 18.8. The summed E-state index contributed by atoms with van der Waals surface area (Å²) < 4.78 is 38.6. The zero-order valence-electron chi connectivity index (χ0n) is 12.9. The van der Waals surface area contributed by atoms with Gasteiger partial charge in [-0.25, -0.2) is 0 Å². The molecule has 132 valence electrons. The Labute approximate surface area is 147 Å². The van der Waals surface area contributed by atoms with E-state index in [4.69, 9.17) is 11.6 Å². The molecule has 0 bridgehead atoms. The van der Waals surface area contributed by atoms with Gasteiger partial charge in [0, 0.05) is 23.7 Å². The van der Waals surface area contributed by atoms with Gasteiger partial charge in [0.15, 0.2) is 0 Å². The van der Waals surface area contributed by atoms with E-state index in [1.165, 1.54) is 24.3 Å². The molecule has 0 spiro atoms. The van der Waals surface area contributed by atoms with Crippen LogP contribution in [0.5, 0.6) is 0 Å². The predicted octanol–water partition coefficient (Wildman–Crippen LogP) is 3.52. The zero-order valence-corrected chi connectivity index (χ0v) is 13.6. The molecule has 2 rings (SSSR count). The fraction of sp³-hybridized carbons (Fsp3) is 0.176. The summed E-state index contributed by atoms with van der Waals surface area (Å²) in [5, 5.41) is 5.40. The molecule has 0 saturated carbocycles. The maximum absolute atomic E-state index is 12.9. The van der Waals surface area contributed by atoms with E-state index in [0.717, 1.165) is 12.1 Å². The normalized spacial score (nSPS) is 11.0. The molecule has 0 aromatic heterocycles. The number of carbonyl (C=O) groups excluding carboxylic acids is 2. The number of rotatable bonds is 5. The van der Waals surface area contributed by atoms with Crippen LogP contribution in [0.25, 0.3) is 0 Å². The number of amides is 2. The minimum Gasteiger partial charge on any atom is -0.350 e. The van der Waals surface area contributed by atoms with Gasteiger partial charge in [0.2, 0.25) is 0 Å². The third-order valence-electron chi connectivity index (χ3n) is 3.28. The molecule has 4 nitrogen and oxygen atoms in total. The topological polar surface area (TPSA) is 58.2 Å². The van der Waals surface area contributed by atoms with E-state index in [2.05, 4.69) is 10.6 Å². The molecular weight excluding hydrogens is 357 g/mol. The largest absolute Gasteiger partial charge is 0.417 e. The van der Waals surface area contributed by atoms with Crippen LogP contribution in [0.3, 0.4) is 0 Å². The number of hydrogen-bond acceptors (Lipinski definition) is 2. The van der Waals surface area contributed by atoms with Gasteiger partial charge in [0.05, 0.1) is 11.1 Å².